The number of hydrogen-bond acceptors (Lipinski definition) is 3. The molecule has 1 aromatic rings. The molecule has 1 aromatic carbocycles. The van der Waals surface area contributed by atoms with Crippen LogP contribution in [0.1, 0.15) is 46.3 Å². The Hall–Kier alpha value is -1.40. The van der Waals surface area contributed by atoms with Crippen LogP contribution in [-0.2, 0) is 10.0 Å². The summed E-state index contributed by atoms with van der Waals surface area (Å²) < 4.78 is 25.5. The van der Waals surface area contributed by atoms with Gasteiger partial charge in [0.2, 0.25) is 10.0 Å². The van der Waals surface area contributed by atoms with E-state index < -0.39 is 10.0 Å². The van der Waals surface area contributed by atoms with Crippen LogP contribution in [0.4, 0.5) is 0 Å². The zero-order valence-corrected chi connectivity index (χ0v) is 15.1. The molecule has 1 amide bonds. The lowest BCUT2D eigenvalue weighted by Gasteiger charge is -2.21. The summed E-state index contributed by atoms with van der Waals surface area (Å²) in [4.78, 5) is 12.5. The molecule has 0 unspecified atom stereocenters. The van der Waals surface area contributed by atoms with Gasteiger partial charge in [-0.2, -0.15) is 0 Å². The fourth-order valence-electron chi connectivity index (χ4n) is 3.56. The average molecular weight is 338 g/mol. The molecule has 2 N–H and O–H groups in total. The molecular formula is C17H26N2O3S. The molecule has 0 aromatic heterocycles. The fourth-order valence-corrected chi connectivity index (χ4v) is 4.42. The van der Waals surface area contributed by atoms with E-state index in [0.717, 1.165) is 41.5 Å². The third-order valence-corrected chi connectivity index (χ3v) is 5.18. The maximum absolute atomic E-state index is 12.5. The molecule has 2 rings (SSSR count). The summed E-state index contributed by atoms with van der Waals surface area (Å²) in [6, 6.07) is 3.93. The highest BCUT2D eigenvalue weighted by molar-refractivity contribution is 7.88. The first kappa shape index (κ1) is 17.9. The lowest BCUT2D eigenvalue weighted by Crippen LogP contribution is -2.41. The number of sulfonamides is 1. The van der Waals surface area contributed by atoms with E-state index in [-0.39, 0.29) is 17.9 Å². The molecule has 0 saturated heterocycles. The lowest BCUT2D eigenvalue weighted by atomic mass is 9.98. The van der Waals surface area contributed by atoms with E-state index >= 15 is 0 Å². The summed E-state index contributed by atoms with van der Waals surface area (Å²) in [6.45, 7) is 6.40. The van der Waals surface area contributed by atoms with Crippen molar-refractivity contribution >= 4 is 15.9 Å². The van der Waals surface area contributed by atoms with Crippen molar-refractivity contribution in [1.29, 1.82) is 0 Å². The van der Waals surface area contributed by atoms with Crippen molar-refractivity contribution in [3.63, 3.8) is 0 Å². The zero-order valence-electron chi connectivity index (χ0n) is 14.3. The predicted octanol–water partition coefficient (Wildman–Crippen LogP) is 2.06. The monoisotopic (exact) mass is 338 g/mol. The number of rotatable bonds is 5. The standard InChI is InChI=1S/C17H26N2O3S/c1-11-8-12(2)16(13(3)9-11)17(20)18-10-14-6-5-7-15(14)19-23(4,21)22/h8-9,14-15,19H,5-7,10H2,1-4H3,(H,18,20)/t14-,15+/m0/s1. The second kappa shape index (κ2) is 7.01. The van der Waals surface area contributed by atoms with E-state index in [2.05, 4.69) is 10.0 Å². The van der Waals surface area contributed by atoms with Crippen LogP contribution in [0.15, 0.2) is 12.1 Å². The van der Waals surface area contributed by atoms with Gasteiger partial charge in [0.25, 0.3) is 5.91 Å². The van der Waals surface area contributed by atoms with Gasteiger partial charge in [0, 0.05) is 18.2 Å². The first-order valence-electron chi connectivity index (χ1n) is 8.00. The molecule has 23 heavy (non-hydrogen) atoms. The van der Waals surface area contributed by atoms with Crippen molar-refractivity contribution in [2.45, 2.75) is 46.1 Å². The van der Waals surface area contributed by atoms with Crippen LogP contribution in [-0.4, -0.2) is 33.2 Å². The number of nitrogens with one attached hydrogen (secondary N) is 2. The largest absolute Gasteiger partial charge is 0.352 e. The third kappa shape index (κ3) is 4.78. The number of carbonyl (C=O) groups is 1. The second-order valence-corrected chi connectivity index (χ2v) is 8.45. The summed E-state index contributed by atoms with van der Waals surface area (Å²) in [5.41, 5.74) is 3.81. The van der Waals surface area contributed by atoms with Gasteiger partial charge >= 0.3 is 0 Å². The molecule has 0 spiro atoms. The molecular weight excluding hydrogens is 312 g/mol. The minimum atomic E-state index is -3.21. The molecule has 1 fully saturated rings. The van der Waals surface area contributed by atoms with Gasteiger partial charge in [0.15, 0.2) is 0 Å². The second-order valence-electron chi connectivity index (χ2n) is 6.67. The maximum atomic E-state index is 12.5. The quantitative estimate of drug-likeness (QED) is 0.863. The van der Waals surface area contributed by atoms with Crippen molar-refractivity contribution < 1.29 is 13.2 Å². The van der Waals surface area contributed by atoms with Gasteiger partial charge in [0.1, 0.15) is 0 Å². The van der Waals surface area contributed by atoms with E-state index in [0.29, 0.717) is 6.54 Å². The molecule has 2 atom stereocenters. The summed E-state index contributed by atoms with van der Waals surface area (Å²) >= 11 is 0. The zero-order chi connectivity index (χ0) is 17.2. The van der Waals surface area contributed by atoms with Crippen LogP contribution in [0.2, 0.25) is 0 Å². The van der Waals surface area contributed by atoms with Crippen LogP contribution in [0, 0.1) is 26.7 Å². The average Bonchev–Trinajstić information content (AvgIpc) is 2.80. The lowest BCUT2D eigenvalue weighted by molar-refractivity contribution is 0.0945. The normalized spacial score (nSPS) is 21.4. The highest BCUT2D eigenvalue weighted by Crippen LogP contribution is 2.26. The van der Waals surface area contributed by atoms with E-state index in [9.17, 15) is 13.2 Å². The smallest absolute Gasteiger partial charge is 0.251 e. The van der Waals surface area contributed by atoms with E-state index in [1.165, 1.54) is 6.26 Å². The Morgan fingerprint density at radius 3 is 2.35 bits per heavy atom. The Balaban J connectivity index is 2.02. The molecule has 1 aliphatic carbocycles. The summed E-state index contributed by atoms with van der Waals surface area (Å²) in [5.74, 6) is 0.0738. The number of carbonyl (C=O) groups excluding carboxylic acids is 1. The maximum Gasteiger partial charge on any atom is 0.251 e. The van der Waals surface area contributed by atoms with Crippen LogP contribution in [0.25, 0.3) is 0 Å². The van der Waals surface area contributed by atoms with Crippen LogP contribution in [0.5, 0.6) is 0 Å². The number of aryl methyl sites for hydroxylation is 3. The van der Waals surface area contributed by atoms with Crippen LogP contribution < -0.4 is 10.0 Å². The van der Waals surface area contributed by atoms with E-state index in [1.807, 2.05) is 32.9 Å². The van der Waals surface area contributed by atoms with Gasteiger partial charge in [-0.15, -0.1) is 0 Å². The third-order valence-electron chi connectivity index (χ3n) is 4.45. The highest BCUT2D eigenvalue weighted by atomic mass is 32.2. The number of amides is 1. The van der Waals surface area contributed by atoms with Crippen molar-refractivity contribution in [3.8, 4) is 0 Å². The summed E-state index contributed by atoms with van der Waals surface area (Å²) in [6.07, 6.45) is 3.92. The van der Waals surface area contributed by atoms with E-state index in [1.54, 1.807) is 0 Å². The summed E-state index contributed by atoms with van der Waals surface area (Å²) in [7, 11) is -3.21. The van der Waals surface area contributed by atoms with Gasteiger partial charge in [-0.25, -0.2) is 13.1 Å². The topological polar surface area (TPSA) is 75.3 Å². The molecule has 5 nitrogen and oxygen atoms in total. The minimum absolute atomic E-state index is 0.0782. The molecule has 0 heterocycles. The first-order valence-corrected chi connectivity index (χ1v) is 9.90. The SMILES string of the molecule is Cc1cc(C)c(C(=O)NC[C@@H]2CCC[C@H]2NS(C)(=O)=O)c(C)c1. The molecule has 6 heteroatoms. The van der Waals surface area contributed by atoms with Gasteiger partial charge < -0.3 is 5.32 Å². The Bertz CT molecular complexity index is 675. The minimum Gasteiger partial charge on any atom is -0.352 e. The van der Waals surface area contributed by atoms with Crippen molar-refractivity contribution in [2.75, 3.05) is 12.8 Å². The predicted molar refractivity (Wildman–Crippen MR) is 92.1 cm³/mol. The molecule has 0 bridgehead atoms. The highest BCUT2D eigenvalue weighted by Gasteiger charge is 2.29. The van der Waals surface area contributed by atoms with Gasteiger partial charge in [-0.3, -0.25) is 4.79 Å². The number of benzene rings is 1. The Kier molecular flexibility index (Phi) is 5.47. The fraction of sp³-hybridized carbons (Fsp3) is 0.588. The van der Waals surface area contributed by atoms with Crippen LogP contribution >= 0.6 is 0 Å². The van der Waals surface area contributed by atoms with Crippen molar-refractivity contribution in [1.82, 2.24) is 10.0 Å². The molecule has 0 radical (unpaired) electrons. The molecule has 1 aliphatic rings. The van der Waals surface area contributed by atoms with Gasteiger partial charge in [-0.05, 0) is 50.7 Å². The Labute approximate surface area is 138 Å². The van der Waals surface area contributed by atoms with Crippen molar-refractivity contribution in [2.24, 2.45) is 5.92 Å². The number of hydrogen-bond donors (Lipinski definition) is 2. The van der Waals surface area contributed by atoms with Gasteiger partial charge in [-0.1, -0.05) is 24.1 Å². The first-order chi connectivity index (χ1) is 10.7. The van der Waals surface area contributed by atoms with Gasteiger partial charge in [0.05, 0.1) is 6.26 Å². The Morgan fingerprint density at radius 2 is 1.78 bits per heavy atom. The van der Waals surface area contributed by atoms with E-state index in [4.69, 9.17) is 0 Å². The van der Waals surface area contributed by atoms with Crippen LogP contribution in [0.3, 0.4) is 0 Å². The molecule has 1 saturated carbocycles. The molecule has 0 aliphatic heterocycles. The molecule has 128 valence electrons. The van der Waals surface area contributed by atoms with Crippen molar-refractivity contribution in [3.05, 3.63) is 34.4 Å². The Morgan fingerprint density at radius 1 is 1.17 bits per heavy atom. The summed E-state index contributed by atoms with van der Waals surface area (Å²) in [5, 5.41) is 2.98.